The van der Waals surface area contributed by atoms with E-state index < -0.39 is 41.1 Å². The summed E-state index contributed by atoms with van der Waals surface area (Å²) in [6, 6.07) is 2.77. The van der Waals surface area contributed by atoms with Crippen molar-refractivity contribution < 1.29 is 24.6 Å². The molecule has 0 aliphatic carbocycles. The summed E-state index contributed by atoms with van der Waals surface area (Å²) in [6.07, 6.45) is -2.38. The number of halogens is 2. The van der Waals surface area contributed by atoms with Crippen molar-refractivity contribution in [3.63, 3.8) is 0 Å². The van der Waals surface area contributed by atoms with Gasteiger partial charge in [-0.15, -0.1) is 0 Å². The quantitative estimate of drug-likeness (QED) is 0.555. The molecule has 0 radical (unpaired) electrons. The Kier molecular flexibility index (Phi) is 7.96. The Bertz CT molecular complexity index is 1010. The Morgan fingerprint density at radius 3 is 1.89 bits per heavy atom. The second-order valence-corrected chi connectivity index (χ2v) is 12.5. The number of carbonyl (C=O) groups is 3. The maximum absolute atomic E-state index is 13.9. The summed E-state index contributed by atoms with van der Waals surface area (Å²) in [6.45, 7) is 12.9. The molecule has 2 aliphatic heterocycles. The van der Waals surface area contributed by atoms with E-state index in [-0.39, 0.29) is 12.5 Å². The lowest BCUT2D eigenvalue weighted by atomic mass is 9.74. The topological polar surface area (TPSA) is 105 Å². The minimum absolute atomic E-state index is 0.0721. The van der Waals surface area contributed by atoms with Crippen molar-refractivity contribution in [1.29, 1.82) is 0 Å². The van der Waals surface area contributed by atoms with E-state index in [2.05, 4.69) is 4.90 Å². The van der Waals surface area contributed by atoms with E-state index in [1.807, 2.05) is 47.6 Å². The number of anilines is 1. The molecule has 3 rings (SSSR count). The van der Waals surface area contributed by atoms with Crippen LogP contribution in [0.15, 0.2) is 18.2 Å². The van der Waals surface area contributed by atoms with E-state index >= 15 is 0 Å². The second-order valence-electron chi connectivity index (χ2n) is 11.7. The molecular formula is C25H36Cl2N4O5. The van der Waals surface area contributed by atoms with Gasteiger partial charge in [-0.3, -0.25) is 14.6 Å². The van der Waals surface area contributed by atoms with Gasteiger partial charge in [0.1, 0.15) is 6.04 Å². The molecule has 2 fully saturated rings. The summed E-state index contributed by atoms with van der Waals surface area (Å²) in [5.41, 5.74) is -0.341. The van der Waals surface area contributed by atoms with Gasteiger partial charge in [0, 0.05) is 38.4 Å². The summed E-state index contributed by atoms with van der Waals surface area (Å²) >= 11 is 12.2. The van der Waals surface area contributed by atoms with E-state index in [0.29, 0.717) is 36.2 Å². The number of hydrogen-bond donors (Lipinski definition) is 2. The smallest absolute Gasteiger partial charge is 0.408 e. The molecule has 9 nitrogen and oxygen atoms in total. The first-order valence-electron chi connectivity index (χ1n) is 12.0. The van der Waals surface area contributed by atoms with Crippen LogP contribution >= 0.6 is 23.2 Å². The number of rotatable bonds is 2. The van der Waals surface area contributed by atoms with Crippen LogP contribution in [0, 0.1) is 10.8 Å². The van der Waals surface area contributed by atoms with E-state index in [1.165, 1.54) is 4.90 Å². The first-order chi connectivity index (χ1) is 16.5. The number of carbonyl (C=O) groups excluding carboxylic acids is 1. The molecule has 2 saturated heterocycles. The fourth-order valence-electron chi connectivity index (χ4n) is 5.26. The number of amides is 3. The number of piperazine rings is 2. The third-order valence-corrected chi connectivity index (χ3v) is 7.85. The minimum atomic E-state index is -1.23. The Morgan fingerprint density at radius 2 is 1.44 bits per heavy atom. The van der Waals surface area contributed by atoms with Gasteiger partial charge in [0.05, 0.1) is 22.1 Å². The van der Waals surface area contributed by atoms with Gasteiger partial charge in [-0.25, -0.2) is 9.59 Å². The van der Waals surface area contributed by atoms with Gasteiger partial charge >= 0.3 is 12.2 Å². The van der Waals surface area contributed by atoms with Crippen molar-refractivity contribution >= 4 is 47.0 Å². The molecule has 36 heavy (non-hydrogen) atoms. The molecule has 2 unspecified atom stereocenters. The minimum Gasteiger partial charge on any atom is -0.465 e. The SMILES string of the molecule is CC(C)(C)C1CN(C(=O)O)[C@@H](C(=O)N2CCN(c3ccc(Cl)c(Cl)c3)CC2)C(C(C)(C)C)N1C(=O)O. The van der Waals surface area contributed by atoms with E-state index in [1.54, 1.807) is 17.0 Å². The summed E-state index contributed by atoms with van der Waals surface area (Å²) in [7, 11) is 0. The summed E-state index contributed by atoms with van der Waals surface area (Å²) in [4.78, 5) is 45.1. The van der Waals surface area contributed by atoms with Crippen molar-refractivity contribution in [1.82, 2.24) is 14.7 Å². The zero-order chi connectivity index (χ0) is 27.2. The van der Waals surface area contributed by atoms with Gasteiger partial charge in [-0.05, 0) is 29.0 Å². The Hall–Kier alpha value is -2.39. The van der Waals surface area contributed by atoms with Crippen LogP contribution in [0.5, 0.6) is 0 Å². The molecule has 2 aliphatic rings. The Balaban J connectivity index is 1.92. The van der Waals surface area contributed by atoms with E-state index in [9.17, 15) is 24.6 Å². The van der Waals surface area contributed by atoms with Crippen LogP contribution in [-0.2, 0) is 4.79 Å². The molecule has 11 heteroatoms. The monoisotopic (exact) mass is 542 g/mol. The molecule has 1 aromatic carbocycles. The number of benzene rings is 1. The lowest BCUT2D eigenvalue weighted by Crippen LogP contribution is -2.74. The summed E-state index contributed by atoms with van der Waals surface area (Å²) < 4.78 is 0. The van der Waals surface area contributed by atoms with Crippen molar-refractivity contribution in [2.24, 2.45) is 10.8 Å². The fourth-order valence-corrected chi connectivity index (χ4v) is 5.55. The highest BCUT2D eigenvalue weighted by molar-refractivity contribution is 6.42. The van der Waals surface area contributed by atoms with Gasteiger partial charge < -0.3 is 20.0 Å². The molecule has 2 heterocycles. The highest BCUT2D eigenvalue weighted by Gasteiger charge is 2.56. The van der Waals surface area contributed by atoms with Crippen molar-refractivity contribution in [3.05, 3.63) is 28.2 Å². The largest absolute Gasteiger partial charge is 0.465 e. The first kappa shape index (κ1) is 28.2. The van der Waals surface area contributed by atoms with Crippen LogP contribution in [-0.4, -0.2) is 93.9 Å². The lowest BCUT2D eigenvalue weighted by Gasteiger charge is -2.56. The van der Waals surface area contributed by atoms with Gasteiger partial charge in [0.15, 0.2) is 0 Å². The first-order valence-corrected chi connectivity index (χ1v) is 12.8. The second kappa shape index (κ2) is 10.2. The maximum atomic E-state index is 13.9. The van der Waals surface area contributed by atoms with Gasteiger partial charge in [-0.2, -0.15) is 0 Å². The molecule has 1 aromatic rings. The van der Waals surface area contributed by atoms with Crippen molar-refractivity contribution in [2.75, 3.05) is 37.6 Å². The average Bonchev–Trinajstić information content (AvgIpc) is 2.77. The van der Waals surface area contributed by atoms with Crippen LogP contribution in [0.4, 0.5) is 15.3 Å². The molecule has 3 amide bonds. The average molecular weight is 543 g/mol. The number of nitrogens with zero attached hydrogens (tertiary/aromatic N) is 4. The van der Waals surface area contributed by atoms with Crippen molar-refractivity contribution in [2.45, 2.75) is 59.7 Å². The van der Waals surface area contributed by atoms with Crippen LogP contribution in [0.1, 0.15) is 41.5 Å². The van der Waals surface area contributed by atoms with Crippen LogP contribution in [0.2, 0.25) is 10.0 Å². The van der Waals surface area contributed by atoms with Gasteiger partial charge in [0.2, 0.25) is 5.91 Å². The molecule has 200 valence electrons. The zero-order valence-corrected chi connectivity index (χ0v) is 23.2. The predicted octanol–water partition coefficient (Wildman–Crippen LogP) is 4.81. The number of carboxylic acid groups (broad SMARTS) is 2. The molecule has 0 saturated carbocycles. The molecule has 3 atom stereocenters. The normalized spacial score (nSPS) is 23.6. The summed E-state index contributed by atoms with van der Waals surface area (Å²) in [5.74, 6) is -0.371. The van der Waals surface area contributed by atoms with Gasteiger partial charge in [-0.1, -0.05) is 64.7 Å². The predicted molar refractivity (Wildman–Crippen MR) is 140 cm³/mol. The van der Waals surface area contributed by atoms with Gasteiger partial charge in [0.25, 0.3) is 0 Å². The highest BCUT2D eigenvalue weighted by Crippen LogP contribution is 2.40. The zero-order valence-electron chi connectivity index (χ0n) is 21.7. The Labute approximate surface area is 222 Å². The molecule has 0 bridgehead atoms. The molecule has 0 aromatic heterocycles. The van der Waals surface area contributed by atoms with E-state index in [4.69, 9.17) is 23.2 Å². The summed E-state index contributed by atoms with van der Waals surface area (Å²) in [5, 5.41) is 21.3. The van der Waals surface area contributed by atoms with Crippen LogP contribution in [0.3, 0.4) is 0 Å². The third-order valence-electron chi connectivity index (χ3n) is 7.11. The Morgan fingerprint density at radius 1 is 0.861 bits per heavy atom. The van der Waals surface area contributed by atoms with E-state index in [0.717, 1.165) is 10.6 Å². The molecule has 2 N–H and O–H groups in total. The lowest BCUT2D eigenvalue weighted by molar-refractivity contribution is -0.148. The van der Waals surface area contributed by atoms with Crippen LogP contribution < -0.4 is 4.90 Å². The highest BCUT2D eigenvalue weighted by atomic mass is 35.5. The fraction of sp³-hybridized carbons (Fsp3) is 0.640. The van der Waals surface area contributed by atoms with Crippen molar-refractivity contribution in [3.8, 4) is 0 Å². The third kappa shape index (κ3) is 5.62. The molecular weight excluding hydrogens is 507 g/mol. The van der Waals surface area contributed by atoms with Crippen LogP contribution in [0.25, 0.3) is 0 Å². The number of hydrogen-bond acceptors (Lipinski definition) is 4. The maximum Gasteiger partial charge on any atom is 0.408 e. The molecule has 0 spiro atoms. The standard InChI is InChI=1S/C25H36Cl2N4O5/c1-24(2,3)18-14-30(22(33)34)19(20(25(4,5)6)31(18)23(35)36)21(32)29-11-9-28(10-12-29)15-7-8-16(26)17(27)13-15/h7-8,13,18-20H,9-12,14H2,1-6H3,(H,33,34)(H,35,36)/t18?,19-,20?/m1/s1.